The van der Waals surface area contributed by atoms with Crippen LogP contribution in [0.25, 0.3) is 10.9 Å². The van der Waals surface area contributed by atoms with E-state index in [0.717, 1.165) is 15.4 Å². The summed E-state index contributed by atoms with van der Waals surface area (Å²) in [5.41, 5.74) is 7.37. The molecule has 0 saturated heterocycles. The van der Waals surface area contributed by atoms with Crippen molar-refractivity contribution in [3.8, 4) is 0 Å². The molecule has 0 spiro atoms. The van der Waals surface area contributed by atoms with Gasteiger partial charge in [0.1, 0.15) is 6.04 Å². The molecule has 96 valence electrons. The Kier molecular flexibility index (Phi) is 3.45. The molecule has 1 unspecified atom stereocenters. The minimum absolute atomic E-state index is 0.237. The van der Waals surface area contributed by atoms with Gasteiger partial charge < -0.3 is 15.4 Å². The highest BCUT2D eigenvalue weighted by Crippen LogP contribution is 2.33. The van der Waals surface area contributed by atoms with Crippen molar-refractivity contribution in [3.63, 3.8) is 0 Å². The summed E-state index contributed by atoms with van der Waals surface area (Å²) in [5, 5.41) is 9.95. The lowest BCUT2D eigenvalue weighted by Gasteiger charge is -2.10. The number of carboxylic acids is 1. The van der Waals surface area contributed by atoms with Gasteiger partial charge in [0.05, 0.1) is 5.52 Å². The van der Waals surface area contributed by atoms with Crippen LogP contribution in [-0.4, -0.2) is 15.6 Å². The van der Waals surface area contributed by atoms with Gasteiger partial charge in [0.25, 0.3) is 0 Å². The van der Waals surface area contributed by atoms with E-state index in [9.17, 15) is 4.79 Å². The third-order valence-electron chi connectivity index (χ3n) is 2.99. The van der Waals surface area contributed by atoms with E-state index in [-0.39, 0.29) is 6.04 Å². The summed E-state index contributed by atoms with van der Waals surface area (Å²) in [4.78, 5) is 11.1. The zero-order valence-electron chi connectivity index (χ0n) is 10.2. The molecule has 2 aromatic rings. The zero-order chi connectivity index (χ0) is 13.4. The number of hydrogen-bond donors (Lipinski definition) is 2. The van der Waals surface area contributed by atoms with Crippen molar-refractivity contribution in [2.24, 2.45) is 5.73 Å². The summed E-state index contributed by atoms with van der Waals surface area (Å²) in [6, 6.07) is 4.96. The van der Waals surface area contributed by atoms with E-state index >= 15 is 0 Å². The van der Waals surface area contributed by atoms with Gasteiger partial charge in [-0.2, -0.15) is 0 Å². The average molecular weight is 311 g/mol. The van der Waals surface area contributed by atoms with Gasteiger partial charge in [-0.1, -0.05) is 12.1 Å². The number of fused-ring (bicyclic) bond motifs is 1. The summed E-state index contributed by atoms with van der Waals surface area (Å²) in [5.74, 6) is -1.02. The number of aliphatic carboxylic acids is 1. The summed E-state index contributed by atoms with van der Waals surface area (Å²) in [6.07, 6.45) is 1.83. The average Bonchev–Trinajstić information content (AvgIpc) is 2.69. The number of para-hydroxylation sites is 1. The Hall–Kier alpha value is -1.33. The molecular formula is C13H15BrN2O2. The first-order valence-corrected chi connectivity index (χ1v) is 6.50. The van der Waals surface area contributed by atoms with E-state index in [1.807, 2.05) is 29.0 Å². The second-order valence-corrected chi connectivity index (χ2v) is 5.39. The minimum atomic E-state index is -1.02. The van der Waals surface area contributed by atoms with Crippen molar-refractivity contribution in [3.05, 3.63) is 34.4 Å². The fourth-order valence-electron chi connectivity index (χ4n) is 2.08. The highest BCUT2D eigenvalue weighted by molar-refractivity contribution is 9.10. The van der Waals surface area contributed by atoms with Crippen LogP contribution >= 0.6 is 15.9 Å². The largest absolute Gasteiger partial charge is 0.480 e. The van der Waals surface area contributed by atoms with Crippen LogP contribution in [0.15, 0.2) is 28.9 Å². The SMILES string of the molecule is CC(C)n1cc(C(N)C(=O)O)c2cccc(Br)c21. The molecule has 18 heavy (non-hydrogen) atoms. The number of halogens is 1. The number of carboxylic acid groups (broad SMARTS) is 1. The third kappa shape index (κ3) is 2.04. The number of benzene rings is 1. The molecule has 1 heterocycles. The predicted octanol–water partition coefficient (Wildman–Crippen LogP) is 3.07. The normalized spacial score (nSPS) is 13.2. The molecule has 0 aliphatic heterocycles. The van der Waals surface area contributed by atoms with Crippen LogP contribution in [0.1, 0.15) is 31.5 Å². The van der Waals surface area contributed by atoms with Crippen LogP contribution in [0.3, 0.4) is 0 Å². The molecule has 0 radical (unpaired) electrons. The fraction of sp³-hybridized carbons (Fsp3) is 0.308. The first-order chi connectivity index (χ1) is 8.43. The third-order valence-corrected chi connectivity index (χ3v) is 3.63. The van der Waals surface area contributed by atoms with Crippen molar-refractivity contribution in [2.45, 2.75) is 25.9 Å². The number of aromatic nitrogens is 1. The lowest BCUT2D eigenvalue weighted by atomic mass is 10.1. The van der Waals surface area contributed by atoms with Gasteiger partial charge in [0.15, 0.2) is 0 Å². The Morgan fingerprint density at radius 3 is 2.67 bits per heavy atom. The second kappa shape index (κ2) is 4.74. The van der Waals surface area contributed by atoms with E-state index in [1.54, 1.807) is 0 Å². The molecule has 1 aromatic heterocycles. The molecule has 1 atom stereocenters. The van der Waals surface area contributed by atoms with Gasteiger partial charge in [0, 0.05) is 27.7 Å². The number of rotatable bonds is 3. The Bertz CT molecular complexity index is 604. The molecule has 0 aliphatic rings. The molecule has 0 bridgehead atoms. The standard InChI is InChI=1S/C13H15BrN2O2/c1-7(2)16-6-9(11(15)13(17)18)8-4-3-5-10(14)12(8)16/h3-7,11H,15H2,1-2H3,(H,17,18). The van der Waals surface area contributed by atoms with E-state index in [4.69, 9.17) is 10.8 Å². The smallest absolute Gasteiger partial charge is 0.325 e. The maximum absolute atomic E-state index is 11.1. The van der Waals surface area contributed by atoms with Crippen molar-refractivity contribution < 1.29 is 9.90 Å². The van der Waals surface area contributed by atoms with E-state index < -0.39 is 12.0 Å². The van der Waals surface area contributed by atoms with Crippen LogP contribution in [-0.2, 0) is 4.79 Å². The van der Waals surface area contributed by atoms with Gasteiger partial charge in [0.2, 0.25) is 0 Å². The van der Waals surface area contributed by atoms with Crippen LogP contribution in [0.4, 0.5) is 0 Å². The Labute approximate surface area is 114 Å². The summed E-state index contributed by atoms with van der Waals surface area (Å²) < 4.78 is 2.98. The van der Waals surface area contributed by atoms with E-state index in [1.165, 1.54) is 0 Å². The molecule has 0 saturated carbocycles. The number of nitrogens with zero attached hydrogens (tertiary/aromatic N) is 1. The molecule has 0 aliphatic carbocycles. The number of nitrogens with two attached hydrogens (primary N) is 1. The van der Waals surface area contributed by atoms with Crippen LogP contribution < -0.4 is 5.73 Å². The van der Waals surface area contributed by atoms with Crippen molar-refractivity contribution >= 4 is 32.8 Å². The second-order valence-electron chi connectivity index (χ2n) is 4.54. The first-order valence-electron chi connectivity index (χ1n) is 5.70. The quantitative estimate of drug-likeness (QED) is 0.915. The fourth-order valence-corrected chi connectivity index (χ4v) is 2.65. The van der Waals surface area contributed by atoms with Gasteiger partial charge in [-0.25, -0.2) is 0 Å². The van der Waals surface area contributed by atoms with Crippen LogP contribution in [0.5, 0.6) is 0 Å². The highest BCUT2D eigenvalue weighted by Gasteiger charge is 2.21. The molecule has 0 amide bonds. The van der Waals surface area contributed by atoms with Crippen molar-refractivity contribution in [2.75, 3.05) is 0 Å². The van der Waals surface area contributed by atoms with E-state index in [0.29, 0.717) is 5.56 Å². The van der Waals surface area contributed by atoms with Gasteiger partial charge in [-0.05, 0) is 35.8 Å². The molecule has 2 rings (SSSR count). The molecule has 1 aromatic carbocycles. The maximum atomic E-state index is 11.1. The Morgan fingerprint density at radius 1 is 1.44 bits per heavy atom. The van der Waals surface area contributed by atoms with Gasteiger partial charge in [-0.15, -0.1) is 0 Å². The lowest BCUT2D eigenvalue weighted by molar-refractivity contribution is -0.138. The zero-order valence-corrected chi connectivity index (χ0v) is 11.8. The Morgan fingerprint density at radius 2 is 2.11 bits per heavy atom. The summed E-state index contributed by atoms with van der Waals surface area (Å²) in [6.45, 7) is 4.10. The van der Waals surface area contributed by atoms with E-state index in [2.05, 4.69) is 29.8 Å². The van der Waals surface area contributed by atoms with Gasteiger partial charge in [-0.3, -0.25) is 4.79 Å². The topological polar surface area (TPSA) is 68.2 Å². The first kappa shape index (κ1) is 13.1. The maximum Gasteiger partial charge on any atom is 0.325 e. The van der Waals surface area contributed by atoms with Gasteiger partial charge >= 0.3 is 5.97 Å². The van der Waals surface area contributed by atoms with Crippen LogP contribution in [0, 0.1) is 0 Å². The molecular weight excluding hydrogens is 296 g/mol. The summed E-state index contributed by atoms with van der Waals surface area (Å²) in [7, 11) is 0. The molecule has 3 N–H and O–H groups in total. The minimum Gasteiger partial charge on any atom is -0.480 e. The summed E-state index contributed by atoms with van der Waals surface area (Å²) >= 11 is 3.51. The van der Waals surface area contributed by atoms with Crippen molar-refractivity contribution in [1.29, 1.82) is 0 Å². The van der Waals surface area contributed by atoms with Crippen molar-refractivity contribution in [1.82, 2.24) is 4.57 Å². The lowest BCUT2D eigenvalue weighted by Crippen LogP contribution is -2.20. The number of hydrogen-bond acceptors (Lipinski definition) is 2. The monoisotopic (exact) mass is 310 g/mol. The predicted molar refractivity (Wildman–Crippen MR) is 74.6 cm³/mol. The van der Waals surface area contributed by atoms with Crippen LogP contribution in [0.2, 0.25) is 0 Å². The molecule has 0 fully saturated rings. The number of carbonyl (C=O) groups is 1. The highest BCUT2D eigenvalue weighted by atomic mass is 79.9. The molecule has 5 heteroatoms. The Balaban J connectivity index is 2.77. The molecule has 4 nitrogen and oxygen atoms in total.